The molecule has 2 rings (SSSR count). The molecule has 2 amide bonds. The molecule has 0 saturated carbocycles. The molecule has 1 aromatic carbocycles. The number of nitrogens with zero attached hydrogens (tertiary/aromatic N) is 1. The molecular weight excluding hydrogens is 366 g/mol. The predicted molar refractivity (Wildman–Crippen MR) is 117 cm³/mol. The number of unbranched alkanes of at least 4 members (excludes halogenated alkanes) is 2. The van der Waals surface area contributed by atoms with Crippen LogP contribution in [0.3, 0.4) is 0 Å². The third-order valence-electron chi connectivity index (χ3n) is 5.05. The van der Waals surface area contributed by atoms with Gasteiger partial charge in [-0.1, -0.05) is 36.8 Å². The van der Waals surface area contributed by atoms with E-state index in [-0.39, 0.29) is 17.6 Å². The summed E-state index contributed by atoms with van der Waals surface area (Å²) in [6.45, 7) is 6.08. The maximum absolute atomic E-state index is 11.9. The average molecular weight is 398 g/mol. The maximum Gasteiger partial charge on any atom is 0.240 e. The SMILES string of the molecule is C=C(C)[C@@H]1CC=C(/C=N/NC(=O)CCCCCC(=O)Nc2ccccc2O)CC1. The quantitative estimate of drug-likeness (QED) is 0.176. The van der Waals surface area contributed by atoms with Crippen LogP contribution in [0, 0.1) is 5.92 Å². The highest BCUT2D eigenvalue weighted by atomic mass is 16.3. The van der Waals surface area contributed by atoms with Crippen molar-refractivity contribution >= 4 is 23.7 Å². The second-order valence-corrected chi connectivity index (χ2v) is 7.52. The highest BCUT2D eigenvalue weighted by Crippen LogP contribution is 2.27. The van der Waals surface area contributed by atoms with Gasteiger partial charge in [0.25, 0.3) is 0 Å². The first-order valence-electron chi connectivity index (χ1n) is 10.2. The Morgan fingerprint density at radius 1 is 1.21 bits per heavy atom. The maximum atomic E-state index is 11.9. The Labute approximate surface area is 172 Å². The number of benzene rings is 1. The molecule has 0 unspecified atom stereocenters. The number of phenolic OH excluding ortho intramolecular Hbond substituents is 1. The number of para-hydroxylation sites is 2. The van der Waals surface area contributed by atoms with Crippen LogP contribution in [0.5, 0.6) is 5.75 Å². The smallest absolute Gasteiger partial charge is 0.240 e. The lowest BCUT2D eigenvalue weighted by atomic mass is 9.86. The Bertz CT molecular complexity index is 783. The fourth-order valence-corrected chi connectivity index (χ4v) is 3.20. The number of aromatic hydroxyl groups is 1. The molecule has 29 heavy (non-hydrogen) atoms. The fourth-order valence-electron chi connectivity index (χ4n) is 3.20. The first-order valence-corrected chi connectivity index (χ1v) is 10.2. The van der Waals surface area contributed by atoms with Crippen LogP contribution < -0.4 is 10.7 Å². The Hall–Kier alpha value is -2.89. The van der Waals surface area contributed by atoms with Gasteiger partial charge >= 0.3 is 0 Å². The van der Waals surface area contributed by atoms with Crippen molar-refractivity contribution in [2.24, 2.45) is 11.0 Å². The highest BCUT2D eigenvalue weighted by molar-refractivity contribution is 5.92. The minimum atomic E-state index is -0.143. The van der Waals surface area contributed by atoms with Crippen LogP contribution in [0.4, 0.5) is 5.69 Å². The summed E-state index contributed by atoms with van der Waals surface area (Å²) in [5, 5.41) is 16.4. The van der Waals surface area contributed by atoms with Gasteiger partial charge in [-0.25, -0.2) is 5.43 Å². The number of allylic oxidation sites excluding steroid dienone is 3. The molecule has 0 fully saturated rings. The fraction of sp³-hybridized carbons (Fsp3) is 0.435. The van der Waals surface area contributed by atoms with Crippen molar-refractivity contribution in [2.45, 2.75) is 58.3 Å². The molecule has 0 saturated heterocycles. The monoisotopic (exact) mass is 397 g/mol. The minimum absolute atomic E-state index is 0.0534. The van der Waals surface area contributed by atoms with Crippen LogP contribution in [0.25, 0.3) is 0 Å². The molecule has 1 atom stereocenters. The lowest BCUT2D eigenvalue weighted by Crippen LogP contribution is -2.17. The molecule has 156 valence electrons. The summed E-state index contributed by atoms with van der Waals surface area (Å²) in [6.07, 6.45) is 9.83. The Kier molecular flexibility index (Phi) is 9.15. The summed E-state index contributed by atoms with van der Waals surface area (Å²) in [5.41, 5.74) is 5.36. The summed E-state index contributed by atoms with van der Waals surface area (Å²) in [6, 6.07) is 6.63. The minimum Gasteiger partial charge on any atom is -0.506 e. The third-order valence-corrected chi connectivity index (χ3v) is 5.05. The number of nitrogens with one attached hydrogen (secondary N) is 2. The number of phenols is 1. The number of anilines is 1. The van der Waals surface area contributed by atoms with Crippen LogP contribution >= 0.6 is 0 Å². The van der Waals surface area contributed by atoms with E-state index in [2.05, 4.69) is 35.4 Å². The van der Waals surface area contributed by atoms with Gasteiger partial charge in [0.2, 0.25) is 11.8 Å². The van der Waals surface area contributed by atoms with Crippen molar-refractivity contribution in [2.75, 3.05) is 5.32 Å². The number of carbonyl (C=O) groups excluding carboxylic acids is 2. The van der Waals surface area contributed by atoms with Crippen LogP contribution in [-0.4, -0.2) is 23.1 Å². The van der Waals surface area contributed by atoms with Crippen LogP contribution in [0.1, 0.15) is 58.3 Å². The normalized spacial score (nSPS) is 16.3. The summed E-state index contributed by atoms with van der Waals surface area (Å²) < 4.78 is 0. The van der Waals surface area contributed by atoms with Crippen molar-refractivity contribution in [1.29, 1.82) is 0 Å². The predicted octanol–water partition coefficient (Wildman–Crippen LogP) is 4.69. The van der Waals surface area contributed by atoms with Crippen LogP contribution in [0.2, 0.25) is 0 Å². The van der Waals surface area contributed by atoms with Gasteiger partial charge in [0.05, 0.1) is 11.9 Å². The topological polar surface area (TPSA) is 90.8 Å². The van der Waals surface area contributed by atoms with E-state index in [0.29, 0.717) is 37.3 Å². The molecule has 0 aliphatic heterocycles. The average Bonchev–Trinajstić information content (AvgIpc) is 2.70. The van der Waals surface area contributed by atoms with E-state index in [1.807, 2.05) is 0 Å². The number of hydrazone groups is 1. The van der Waals surface area contributed by atoms with Gasteiger partial charge in [0, 0.05) is 12.8 Å². The first kappa shape index (κ1) is 22.4. The van der Waals surface area contributed by atoms with Crippen molar-refractivity contribution in [3.63, 3.8) is 0 Å². The first-order chi connectivity index (χ1) is 14.0. The number of carbonyl (C=O) groups is 2. The van der Waals surface area contributed by atoms with E-state index in [9.17, 15) is 14.7 Å². The van der Waals surface area contributed by atoms with E-state index in [4.69, 9.17) is 0 Å². The lowest BCUT2D eigenvalue weighted by Gasteiger charge is -2.20. The van der Waals surface area contributed by atoms with Gasteiger partial charge in [-0.3, -0.25) is 9.59 Å². The lowest BCUT2D eigenvalue weighted by molar-refractivity contribution is -0.121. The number of hydrogen-bond acceptors (Lipinski definition) is 4. The van der Waals surface area contributed by atoms with Gasteiger partial charge in [0.1, 0.15) is 5.75 Å². The molecule has 3 N–H and O–H groups in total. The number of rotatable bonds is 10. The molecule has 6 nitrogen and oxygen atoms in total. The Morgan fingerprint density at radius 2 is 1.93 bits per heavy atom. The van der Waals surface area contributed by atoms with Gasteiger partial charge < -0.3 is 10.4 Å². The standard InChI is InChI=1S/C23H31N3O3/c1-17(2)19-14-12-18(13-15-19)16-24-26-23(29)11-5-3-4-10-22(28)25-20-8-6-7-9-21(20)27/h6-9,12,16,19,27H,1,3-5,10-11,13-15H2,2H3,(H,25,28)(H,26,29)/b24-16+/t19-/m1/s1. The van der Waals surface area contributed by atoms with Gasteiger partial charge in [-0.15, -0.1) is 0 Å². The number of hydrogen-bond donors (Lipinski definition) is 3. The van der Waals surface area contributed by atoms with Crippen molar-refractivity contribution in [3.05, 3.63) is 48.1 Å². The zero-order chi connectivity index (χ0) is 21.1. The van der Waals surface area contributed by atoms with Crippen LogP contribution in [-0.2, 0) is 9.59 Å². The van der Waals surface area contributed by atoms with Gasteiger partial charge in [-0.05, 0) is 62.7 Å². The zero-order valence-corrected chi connectivity index (χ0v) is 17.1. The molecule has 0 spiro atoms. The van der Waals surface area contributed by atoms with E-state index >= 15 is 0 Å². The highest BCUT2D eigenvalue weighted by Gasteiger charge is 2.13. The largest absolute Gasteiger partial charge is 0.506 e. The summed E-state index contributed by atoms with van der Waals surface area (Å²) >= 11 is 0. The summed E-state index contributed by atoms with van der Waals surface area (Å²) in [5.74, 6) is 0.353. The van der Waals surface area contributed by atoms with E-state index in [1.165, 1.54) is 11.6 Å². The molecule has 6 heteroatoms. The molecule has 0 radical (unpaired) electrons. The van der Waals surface area contributed by atoms with Crippen molar-refractivity contribution < 1.29 is 14.7 Å². The molecular formula is C23H31N3O3. The van der Waals surface area contributed by atoms with Gasteiger partial charge in [-0.2, -0.15) is 5.10 Å². The molecule has 0 heterocycles. The molecule has 0 aromatic heterocycles. The number of amides is 2. The molecule has 1 aromatic rings. The van der Waals surface area contributed by atoms with Crippen molar-refractivity contribution in [1.82, 2.24) is 5.43 Å². The second kappa shape index (κ2) is 11.8. The Morgan fingerprint density at radius 3 is 2.59 bits per heavy atom. The molecule has 1 aliphatic rings. The summed E-state index contributed by atoms with van der Waals surface area (Å²) in [4.78, 5) is 23.7. The second-order valence-electron chi connectivity index (χ2n) is 7.52. The third kappa shape index (κ3) is 8.34. The molecule has 0 bridgehead atoms. The zero-order valence-electron chi connectivity index (χ0n) is 17.1. The Balaban J connectivity index is 1.55. The van der Waals surface area contributed by atoms with Gasteiger partial charge in [0.15, 0.2) is 0 Å². The van der Waals surface area contributed by atoms with Crippen LogP contribution in [0.15, 0.2) is 53.2 Å². The van der Waals surface area contributed by atoms with E-state index in [0.717, 1.165) is 31.3 Å². The van der Waals surface area contributed by atoms with Crippen molar-refractivity contribution in [3.8, 4) is 5.75 Å². The van der Waals surface area contributed by atoms with E-state index in [1.54, 1.807) is 24.4 Å². The molecule has 1 aliphatic carbocycles. The summed E-state index contributed by atoms with van der Waals surface area (Å²) in [7, 11) is 0. The van der Waals surface area contributed by atoms with E-state index < -0.39 is 0 Å².